The van der Waals surface area contributed by atoms with Crippen molar-refractivity contribution >= 4 is 5.91 Å². The van der Waals surface area contributed by atoms with Crippen LogP contribution in [0.5, 0.6) is 11.5 Å². The number of unbranched alkanes of at least 4 members (excludes halogenated alkanes) is 1. The van der Waals surface area contributed by atoms with Gasteiger partial charge in [-0.2, -0.15) is 0 Å². The molecule has 0 heterocycles. The van der Waals surface area contributed by atoms with E-state index in [0.717, 1.165) is 31.4 Å². The van der Waals surface area contributed by atoms with Gasteiger partial charge >= 0.3 is 0 Å². The van der Waals surface area contributed by atoms with E-state index >= 15 is 0 Å². The van der Waals surface area contributed by atoms with Crippen molar-refractivity contribution in [1.29, 1.82) is 0 Å². The van der Waals surface area contributed by atoms with Gasteiger partial charge in [0.25, 0.3) is 5.91 Å². The number of hydrogen-bond acceptors (Lipinski definition) is 3. The Morgan fingerprint density at radius 2 is 1.88 bits per heavy atom. The highest BCUT2D eigenvalue weighted by atomic mass is 16.5. The van der Waals surface area contributed by atoms with E-state index < -0.39 is 0 Å². The molecule has 0 unspecified atom stereocenters. The molecule has 24 heavy (non-hydrogen) atoms. The summed E-state index contributed by atoms with van der Waals surface area (Å²) >= 11 is 0. The van der Waals surface area contributed by atoms with E-state index in [-0.39, 0.29) is 5.91 Å². The summed E-state index contributed by atoms with van der Waals surface area (Å²) in [5.41, 5.74) is 0.675. The fourth-order valence-corrected chi connectivity index (χ4v) is 3.19. The topological polar surface area (TPSA) is 38.8 Å². The standard InChI is InChI=1S/C20H31NO3/c1-4-6-14-24-18-13-12-16(15-19(18)23-5-2)20(22)21(3)17-10-8-7-9-11-17/h12-13,15,17H,4-11,14H2,1-3H3. The molecular formula is C20H31NO3. The second-order valence-electron chi connectivity index (χ2n) is 6.50. The Hall–Kier alpha value is -1.71. The van der Waals surface area contributed by atoms with Crippen molar-refractivity contribution < 1.29 is 14.3 Å². The lowest BCUT2D eigenvalue weighted by Crippen LogP contribution is -2.38. The van der Waals surface area contributed by atoms with Crippen LogP contribution in [0.3, 0.4) is 0 Å². The summed E-state index contributed by atoms with van der Waals surface area (Å²) in [4.78, 5) is 14.7. The molecule has 1 saturated carbocycles. The summed E-state index contributed by atoms with van der Waals surface area (Å²) in [5, 5.41) is 0. The first-order valence-electron chi connectivity index (χ1n) is 9.34. The smallest absolute Gasteiger partial charge is 0.253 e. The van der Waals surface area contributed by atoms with E-state index in [2.05, 4.69) is 6.92 Å². The van der Waals surface area contributed by atoms with Gasteiger partial charge in [-0.15, -0.1) is 0 Å². The zero-order valence-electron chi connectivity index (χ0n) is 15.3. The van der Waals surface area contributed by atoms with Crippen LogP contribution in [-0.4, -0.2) is 37.1 Å². The lowest BCUT2D eigenvalue weighted by Gasteiger charge is -2.31. The molecule has 0 aromatic heterocycles. The normalized spacial score (nSPS) is 15.1. The SMILES string of the molecule is CCCCOc1ccc(C(=O)N(C)C2CCCCC2)cc1OCC. The number of amides is 1. The number of carbonyl (C=O) groups is 1. The first kappa shape index (κ1) is 18.6. The van der Waals surface area contributed by atoms with Gasteiger partial charge in [-0.1, -0.05) is 32.6 Å². The predicted octanol–water partition coefficient (Wildman–Crippen LogP) is 4.67. The van der Waals surface area contributed by atoms with Gasteiger partial charge in [0.2, 0.25) is 0 Å². The average molecular weight is 333 g/mol. The molecule has 1 amide bonds. The van der Waals surface area contributed by atoms with Crippen LogP contribution in [0.4, 0.5) is 0 Å². The molecule has 1 aromatic rings. The van der Waals surface area contributed by atoms with E-state index in [0.29, 0.717) is 30.6 Å². The minimum atomic E-state index is 0.0722. The zero-order chi connectivity index (χ0) is 17.4. The number of ether oxygens (including phenoxy) is 2. The van der Waals surface area contributed by atoms with Crippen molar-refractivity contribution in [3.63, 3.8) is 0 Å². The first-order chi connectivity index (χ1) is 11.7. The summed E-state index contributed by atoms with van der Waals surface area (Å²) in [7, 11) is 1.92. The monoisotopic (exact) mass is 333 g/mol. The van der Waals surface area contributed by atoms with Gasteiger partial charge in [0.05, 0.1) is 13.2 Å². The number of rotatable bonds is 8. The molecule has 1 aromatic carbocycles. The second-order valence-corrected chi connectivity index (χ2v) is 6.50. The van der Waals surface area contributed by atoms with Crippen LogP contribution in [-0.2, 0) is 0 Å². The van der Waals surface area contributed by atoms with Crippen molar-refractivity contribution in [3.05, 3.63) is 23.8 Å². The van der Waals surface area contributed by atoms with Crippen molar-refractivity contribution in [3.8, 4) is 11.5 Å². The molecule has 4 heteroatoms. The lowest BCUT2D eigenvalue weighted by molar-refractivity contribution is 0.0695. The van der Waals surface area contributed by atoms with Crippen LogP contribution in [0, 0.1) is 0 Å². The van der Waals surface area contributed by atoms with Gasteiger partial charge in [0.15, 0.2) is 11.5 Å². The van der Waals surface area contributed by atoms with E-state index in [1.807, 2.05) is 37.1 Å². The minimum Gasteiger partial charge on any atom is -0.490 e. The molecule has 0 radical (unpaired) electrons. The highest BCUT2D eigenvalue weighted by Crippen LogP contribution is 2.30. The molecule has 0 spiro atoms. The maximum absolute atomic E-state index is 12.8. The van der Waals surface area contributed by atoms with Crippen LogP contribution >= 0.6 is 0 Å². The van der Waals surface area contributed by atoms with Crippen molar-refractivity contribution in [2.75, 3.05) is 20.3 Å². The van der Waals surface area contributed by atoms with Crippen molar-refractivity contribution in [1.82, 2.24) is 4.90 Å². The fourth-order valence-electron chi connectivity index (χ4n) is 3.19. The summed E-state index contributed by atoms with van der Waals surface area (Å²) in [6.07, 6.45) is 8.05. The van der Waals surface area contributed by atoms with E-state index in [1.54, 1.807) is 0 Å². The van der Waals surface area contributed by atoms with Gasteiger partial charge in [0.1, 0.15) is 0 Å². The summed E-state index contributed by atoms with van der Waals surface area (Å²) in [6, 6.07) is 5.91. The van der Waals surface area contributed by atoms with E-state index in [4.69, 9.17) is 9.47 Å². The van der Waals surface area contributed by atoms with Gasteiger partial charge in [0, 0.05) is 18.7 Å². The summed E-state index contributed by atoms with van der Waals surface area (Å²) in [6.45, 7) is 5.31. The molecule has 0 N–H and O–H groups in total. The van der Waals surface area contributed by atoms with Gasteiger partial charge in [-0.05, 0) is 44.4 Å². The summed E-state index contributed by atoms with van der Waals surface area (Å²) in [5.74, 6) is 1.46. The molecular weight excluding hydrogens is 302 g/mol. The Morgan fingerprint density at radius 1 is 1.12 bits per heavy atom. The molecule has 1 aliphatic carbocycles. The Morgan fingerprint density at radius 3 is 2.54 bits per heavy atom. The van der Waals surface area contributed by atoms with Crippen molar-refractivity contribution in [2.24, 2.45) is 0 Å². The molecule has 0 bridgehead atoms. The highest BCUT2D eigenvalue weighted by molar-refractivity contribution is 5.95. The molecule has 134 valence electrons. The fraction of sp³-hybridized carbons (Fsp3) is 0.650. The minimum absolute atomic E-state index is 0.0722. The van der Waals surface area contributed by atoms with Crippen LogP contribution < -0.4 is 9.47 Å². The average Bonchev–Trinajstić information content (AvgIpc) is 2.63. The third-order valence-electron chi connectivity index (χ3n) is 4.69. The summed E-state index contributed by atoms with van der Waals surface area (Å²) < 4.78 is 11.5. The van der Waals surface area contributed by atoms with Crippen LogP contribution in [0.25, 0.3) is 0 Å². The maximum Gasteiger partial charge on any atom is 0.253 e. The molecule has 1 fully saturated rings. The van der Waals surface area contributed by atoms with Gasteiger partial charge < -0.3 is 14.4 Å². The zero-order valence-corrected chi connectivity index (χ0v) is 15.3. The van der Waals surface area contributed by atoms with Crippen LogP contribution in [0.15, 0.2) is 18.2 Å². The third-order valence-corrected chi connectivity index (χ3v) is 4.69. The molecule has 2 rings (SSSR count). The quantitative estimate of drug-likeness (QED) is 0.649. The van der Waals surface area contributed by atoms with Gasteiger partial charge in [-0.3, -0.25) is 4.79 Å². The predicted molar refractivity (Wildman–Crippen MR) is 97.0 cm³/mol. The van der Waals surface area contributed by atoms with Crippen molar-refractivity contribution in [2.45, 2.75) is 64.8 Å². The second kappa shape index (κ2) is 9.55. The molecule has 0 aliphatic heterocycles. The van der Waals surface area contributed by atoms with E-state index in [1.165, 1.54) is 19.3 Å². The maximum atomic E-state index is 12.8. The molecule has 0 saturated heterocycles. The largest absolute Gasteiger partial charge is 0.490 e. The first-order valence-corrected chi connectivity index (χ1v) is 9.34. The number of hydrogen-bond donors (Lipinski definition) is 0. The number of benzene rings is 1. The Labute approximate surface area is 146 Å². The lowest BCUT2D eigenvalue weighted by atomic mass is 9.94. The Kier molecular flexibility index (Phi) is 7.41. The Bertz CT molecular complexity index is 524. The molecule has 4 nitrogen and oxygen atoms in total. The third kappa shape index (κ3) is 4.89. The van der Waals surface area contributed by atoms with Gasteiger partial charge in [-0.25, -0.2) is 0 Å². The highest BCUT2D eigenvalue weighted by Gasteiger charge is 2.23. The Balaban J connectivity index is 2.10. The van der Waals surface area contributed by atoms with E-state index in [9.17, 15) is 4.79 Å². The number of nitrogens with zero attached hydrogens (tertiary/aromatic N) is 1. The van der Waals surface area contributed by atoms with Crippen LogP contribution in [0.1, 0.15) is 69.2 Å². The molecule has 1 aliphatic rings. The van der Waals surface area contributed by atoms with Crippen LogP contribution in [0.2, 0.25) is 0 Å². The number of carbonyl (C=O) groups excluding carboxylic acids is 1. The molecule has 0 atom stereocenters.